The van der Waals surface area contributed by atoms with Gasteiger partial charge in [-0.2, -0.15) is 0 Å². The van der Waals surface area contributed by atoms with Crippen LogP contribution in [0, 0.1) is 0 Å². The van der Waals surface area contributed by atoms with Crippen molar-refractivity contribution in [1.29, 1.82) is 0 Å². The largest absolute Gasteiger partial charge is 0.490 e. The number of nitrogens with one attached hydrogen (secondary N) is 3. The fourth-order valence-electron chi connectivity index (χ4n) is 4.32. The Labute approximate surface area is 213 Å². The van der Waals surface area contributed by atoms with Crippen molar-refractivity contribution in [3.63, 3.8) is 0 Å². The summed E-state index contributed by atoms with van der Waals surface area (Å²) in [4.78, 5) is 13.4. The third kappa shape index (κ3) is 6.33. The summed E-state index contributed by atoms with van der Waals surface area (Å²) in [5.41, 5.74) is 7.91. The normalized spacial score (nSPS) is 19.0. The standard InChI is InChI=1S/C27H39N3O6/c1-7-32-20-13-12-18(14-21(20)33-8-2)24-17(6)29-30-26(24)28-27(31)19-15-22(34-9-3)25(36-11-5)23(16-19)35-10-4/h12-17,24,26,29-30H,7-11H2,1-6H3,(H,28,31). The smallest absolute Gasteiger partial charge is 0.252 e. The third-order valence-corrected chi connectivity index (χ3v) is 5.77. The Bertz CT molecular complexity index is 988. The first-order valence-corrected chi connectivity index (χ1v) is 12.7. The molecule has 3 unspecified atom stereocenters. The number of hydrogen-bond donors (Lipinski definition) is 3. The summed E-state index contributed by atoms with van der Waals surface area (Å²) < 4.78 is 28.8. The number of hydrogen-bond acceptors (Lipinski definition) is 8. The topological polar surface area (TPSA) is 99.3 Å². The maximum absolute atomic E-state index is 13.4. The number of rotatable bonds is 13. The second-order valence-corrected chi connectivity index (χ2v) is 8.23. The first-order valence-electron chi connectivity index (χ1n) is 12.7. The second kappa shape index (κ2) is 13.2. The molecule has 0 radical (unpaired) electrons. The Morgan fingerprint density at radius 1 is 0.750 bits per heavy atom. The minimum atomic E-state index is -0.363. The van der Waals surface area contributed by atoms with Gasteiger partial charge in [0.25, 0.3) is 5.91 Å². The lowest BCUT2D eigenvalue weighted by atomic mass is 9.91. The SMILES string of the molecule is CCOc1ccc(C2C(C)NNC2NC(=O)c2cc(OCC)c(OCC)c(OCC)c2)cc1OCC. The molecule has 0 spiro atoms. The predicted octanol–water partition coefficient (Wildman–Crippen LogP) is 4.02. The van der Waals surface area contributed by atoms with Crippen LogP contribution in [0.15, 0.2) is 30.3 Å². The van der Waals surface area contributed by atoms with E-state index in [2.05, 4.69) is 23.1 Å². The molecule has 2 aromatic rings. The maximum atomic E-state index is 13.4. The molecule has 2 aromatic carbocycles. The maximum Gasteiger partial charge on any atom is 0.252 e. The van der Waals surface area contributed by atoms with E-state index in [0.717, 1.165) is 5.56 Å². The Morgan fingerprint density at radius 3 is 1.89 bits per heavy atom. The highest BCUT2D eigenvalue weighted by atomic mass is 16.5. The van der Waals surface area contributed by atoms with E-state index in [4.69, 9.17) is 23.7 Å². The molecule has 1 fully saturated rings. The van der Waals surface area contributed by atoms with Crippen molar-refractivity contribution in [2.75, 3.05) is 33.0 Å². The summed E-state index contributed by atoms with van der Waals surface area (Å²) in [6.07, 6.45) is -0.363. The number of amides is 1. The Kier molecular flexibility index (Phi) is 10.1. The quantitative estimate of drug-likeness (QED) is 0.379. The highest BCUT2D eigenvalue weighted by Crippen LogP contribution is 2.39. The van der Waals surface area contributed by atoms with Gasteiger partial charge in [-0.25, -0.2) is 5.43 Å². The minimum Gasteiger partial charge on any atom is -0.490 e. The summed E-state index contributed by atoms with van der Waals surface area (Å²) >= 11 is 0. The van der Waals surface area contributed by atoms with E-state index >= 15 is 0 Å². The Hall–Kier alpha value is -3.17. The number of hydrazine groups is 1. The average Bonchev–Trinajstić information content (AvgIpc) is 3.22. The zero-order chi connectivity index (χ0) is 26.1. The molecule has 36 heavy (non-hydrogen) atoms. The lowest BCUT2D eigenvalue weighted by molar-refractivity contribution is 0.0927. The number of carbonyl (C=O) groups excluding carboxylic acids is 1. The van der Waals surface area contributed by atoms with Crippen LogP contribution < -0.4 is 39.9 Å². The number of benzene rings is 2. The minimum absolute atomic E-state index is 0.0516. The molecule has 1 saturated heterocycles. The van der Waals surface area contributed by atoms with E-state index in [1.54, 1.807) is 12.1 Å². The monoisotopic (exact) mass is 501 g/mol. The molecule has 3 rings (SSSR count). The van der Waals surface area contributed by atoms with Crippen LogP contribution in [0.5, 0.6) is 28.7 Å². The van der Waals surface area contributed by atoms with Gasteiger partial charge >= 0.3 is 0 Å². The zero-order valence-corrected chi connectivity index (χ0v) is 22.1. The molecular formula is C27H39N3O6. The molecule has 198 valence electrons. The Balaban J connectivity index is 1.89. The van der Waals surface area contributed by atoms with Crippen molar-refractivity contribution < 1.29 is 28.5 Å². The van der Waals surface area contributed by atoms with Gasteiger partial charge in [0.15, 0.2) is 23.0 Å². The average molecular weight is 502 g/mol. The molecule has 3 atom stereocenters. The summed E-state index contributed by atoms with van der Waals surface area (Å²) in [5.74, 6) is 2.55. The van der Waals surface area contributed by atoms with Crippen LogP contribution >= 0.6 is 0 Å². The van der Waals surface area contributed by atoms with Gasteiger partial charge in [-0.15, -0.1) is 0 Å². The molecule has 3 N–H and O–H groups in total. The summed E-state index contributed by atoms with van der Waals surface area (Å²) in [6.45, 7) is 14.0. The van der Waals surface area contributed by atoms with Crippen molar-refractivity contribution >= 4 is 5.91 Å². The van der Waals surface area contributed by atoms with Crippen molar-refractivity contribution in [1.82, 2.24) is 16.2 Å². The van der Waals surface area contributed by atoms with Gasteiger partial charge in [-0.05, 0) is 71.4 Å². The van der Waals surface area contributed by atoms with E-state index < -0.39 is 0 Å². The van der Waals surface area contributed by atoms with E-state index in [-0.39, 0.29) is 24.0 Å². The van der Waals surface area contributed by atoms with Crippen LogP contribution in [-0.4, -0.2) is 51.1 Å². The predicted molar refractivity (Wildman–Crippen MR) is 138 cm³/mol. The van der Waals surface area contributed by atoms with Gasteiger partial charge in [-0.3, -0.25) is 10.2 Å². The molecule has 1 aliphatic heterocycles. The van der Waals surface area contributed by atoms with Gasteiger partial charge < -0.3 is 29.0 Å². The number of ether oxygens (including phenoxy) is 5. The van der Waals surface area contributed by atoms with Gasteiger partial charge in [0.05, 0.1) is 33.0 Å². The fourth-order valence-corrected chi connectivity index (χ4v) is 4.32. The lowest BCUT2D eigenvalue weighted by Crippen LogP contribution is -2.46. The van der Waals surface area contributed by atoms with E-state index in [9.17, 15) is 4.79 Å². The highest BCUT2D eigenvalue weighted by Gasteiger charge is 2.36. The highest BCUT2D eigenvalue weighted by molar-refractivity contribution is 5.96. The molecule has 1 aliphatic rings. The van der Waals surface area contributed by atoms with Crippen LogP contribution in [0.1, 0.15) is 63.4 Å². The summed E-state index contributed by atoms with van der Waals surface area (Å²) in [7, 11) is 0. The van der Waals surface area contributed by atoms with Crippen molar-refractivity contribution in [3.05, 3.63) is 41.5 Å². The van der Waals surface area contributed by atoms with Gasteiger partial charge in [-0.1, -0.05) is 6.07 Å². The van der Waals surface area contributed by atoms with Gasteiger partial charge in [0.1, 0.15) is 6.17 Å². The molecule has 0 saturated carbocycles. The molecule has 0 aromatic heterocycles. The van der Waals surface area contributed by atoms with Crippen molar-refractivity contribution in [3.8, 4) is 28.7 Å². The van der Waals surface area contributed by atoms with E-state index in [0.29, 0.717) is 67.3 Å². The van der Waals surface area contributed by atoms with Crippen LogP contribution in [-0.2, 0) is 0 Å². The van der Waals surface area contributed by atoms with Crippen molar-refractivity contribution in [2.45, 2.75) is 59.7 Å². The van der Waals surface area contributed by atoms with E-state index in [1.807, 2.05) is 52.8 Å². The van der Waals surface area contributed by atoms with Gasteiger partial charge in [0, 0.05) is 17.5 Å². The molecule has 1 amide bonds. The van der Waals surface area contributed by atoms with Crippen LogP contribution in [0.3, 0.4) is 0 Å². The first kappa shape index (κ1) is 27.4. The molecule has 9 heteroatoms. The fraction of sp³-hybridized carbons (Fsp3) is 0.519. The molecule has 0 aliphatic carbocycles. The summed E-state index contributed by atoms with van der Waals surface area (Å²) in [5, 5.41) is 3.12. The molecule has 9 nitrogen and oxygen atoms in total. The molecule has 0 bridgehead atoms. The van der Waals surface area contributed by atoms with Crippen LogP contribution in [0.2, 0.25) is 0 Å². The second-order valence-electron chi connectivity index (χ2n) is 8.23. The molecule has 1 heterocycles. The van der Waals surface area contributed by atoms with Gasteiger partial charge in [0.2, 0.25) is 5.75 Å². The number of carbonyl (C=O) groups is 1. The van der Waals surface area contributed by atoms with Crippen molar-refractivity contribution in [2.24, 2.45) is 0 Å². The Morgan fingerprint density at radius 2 is 1.31 bits per heavy atom. The van der Waals surface area contributed by atoms with Crippen LogP contribution in [0.25, 0.3) is 0 Å². The van der Waals surface area contributed by atoms with Crippen LogP contribution in [0.4, 0.5) is 0 Å². The third-order valence-electron chi connectivity index (χ3n) is 5.77. The first-order chi connectivity index (χ1) is 17.5. The molecular weight excluding hydrogens is 462 g/mol. The zero-order valence-electron chi connectivity index (χ0n) is 22.1. The lowest BCUT2D eigenvalue weighted by Gasteiger charge is -2.24. The summed E-state index contributed by atoms with van der Waals surface area (Å²) in [6, 6.07) is 9.36. The van der Waals surface area contributed by atoms with E-state index in [1.165, 1.54) is 0 Å².